The van der Waals surface area contributed by atoms with Crippen molar-refractivity contribution in [2.24, 2.45) is 11.5 Å². The summed E-state index contributed by atoms with van der Waals surface area (Å²) >= 11 is 0. The van der Waals surface area contributed by atoms with E-state index in [0.717, 1.165) is 11.0 Å². The molecular formula is C12H14F3N3O. The number of alkyl halides is 3. The van der Waals surface area contributed by atoms with Crippen molar-refractivity contribution in [1.29, 1.82) is 0 Å². The standard InChI is InChI=1S/C12H14F3N3O/c13-12(14,15)9-5-2-1-4-8(9)11(17)6-3-7-18(11)10(16)19/h1-2,4-5H,3,6-7,17H2,(H2,16,19). The summed E-state index contributed by atoms with van der Waals surface area (Å²) in [6.45, 7) is 0.262. The second-order valence-electron chi connectivity index (χ2n) is 4.56. The van der Waals surface area contributed by atoms with Gasteiger partial charge in [0.1, 0.15) is 5.66 Å². The fourth-order valence-corrected chi connectivity index (χ4v) is 2.54. The molecule has 2 rings (SSSR count). The van der Waals surface area contributed by atoms with E-state index in [0.29, 0.717) is 6.42 Å². The Kier molecular flexibility index (Phi) is 3.17. The number of nitrogens with two attached hydrogens (primary N) is 2. The number of amides is 2. The van der Waals surface area contributed by atoms with Crippen molar-refractivity contribution in [2.75, 3.05) is 6.54 Å². The van der Waals surface area contributed by atoms with Crippen molar-refractivity contribution in [3.63, 3.8) is 0 Å². The zero-order valence-corrected chi connectivity index (χ0v) is 10.1. The lowest BCUT2D eigenvalue weighted by atomic mass is 9.92. The fraction of sp³-hybridized carbons (Fsp3) is 0.417. The number of primary amides is 1. The minimum Gasteiger partial charge on any atom is -0.351 e. The maximum atomic E-state index is 13.0. The van der Waals surface area contributed by atoms with Crippen LogP contribution in [0.3, 0.4) is 0 Å². The quantitative estimate of drug-likeness (QED) is 0.821. The first-order valence-corrected chi connectivity index (χ1v) is 5.79. The molecule has 0 saturated carbocycles. The summed E-state index contributed by atoms with van der Waals surface area (Å²) in [5, 5.41) is 0. The van der Waals surface area contributed by atoms with E-state index >= 15 is 0 Å². The largest absolute Gasteiger partial charge is 0.416 e. The third-order valence-corrected chi connectivity index (χ3v) is 3.39. The molecular weight excluding hydrogens is 259 g/mol. The van der Waals surface area contributed by atoms with Gasteiger partial charge in [0, 0.05) is 12.1 Å². The van der Waals surface area contributed by atoms with Crippen LogP contribution in [0.5, 0.6) is 0 Å². The Morgan fingerprint density at radius 2 is 1.95 bits per heavy atom. The van der Waals surface area contributed by atoms with Crippen LogP contribution < -0.4 is 11.5 Å². The molecule has 1 aromatic rings. The zero-order chi connectivity index (χ0) is 14.3. The highest BCUT2D eigenvalue weighted by Gasteiger charge is 2.46. The molecule has 2 amide bonds. The van der Waals surface area contributed by atoms with E-state index in [1.54, 1.807) is 0 Å². The first-order valence-electron chi connectivity index (χ1n) is 5.79. The molecule has 0 radical (unpaired) electrons. The van der Waals surface area contributed by atoms with Gasteiger partial charge in [-0.25, -0.2) is 4.79 Å². The van der Waals surface area contributed by atoms with Crippen LogP contribution in [0.2, 0.25) is 0 Å². The van der Waals surface area contributed by atoms with Crippen LogP contribution in [0.25, 0.3) is 0 Å². The van der Waals surface area contributed by atoms with Crippen LogP contribution in [-0.4, -0.2) is 17.5 Å². The Morgan fingerprint density at radius 3 is 2.53 bits per heavy atom. The molecule has 1 heterocycles. The smallest absolute Gasteiger partial charge is 0.351 e. The number of hydrogen-bond donors (Lipinski definition) is 2. The van der Waals surface area contributed by atoms with Gasteiger partial charge in [-0.1, -0.05) is 18.2 Å². The van der Waals surface area contributed by atoms with Gasteiger partial charge >= 0.3 is 12.2 Å². The average molecular weight is 273 g/mol. The molecule has 1 atom stereocenters. The maximum Gasteiger partial charge on any atom is 0.416 e. The van der Waals surface area contributed by atoms with E-state index in [1.165, 1.54) is 18.2 Å². The molecule has 0 aliphatic carbocycles. The predicted octanol–water partition coefficient (Wildman–Crippen LogP) is 1.99. The van der Waals surface area contributed by atoms with E-state index in [4.69, 9.17) is 11.5 Å². The first-order chi connectivity index (χ1) is 8.77. The van der Waals surface area contributed by atoms with Crippen molar-refractivity contribution in [3.8, 4) is 0 Å². The molecule has 19 heavy (non-hydrogen) atoms. The van der Waals surface area contributed by atoms with Crippen LogP contribution in [0.1, 0.15) is 24.0 Å². The molecule has 1 unspecified atom stereocenters. The normalized spacial score (nSPS) is 23.7. The number of rotatable bonds is 1. The molecule has 104 valence electrons. The molecule has 1 aliphatic rings. The van der Waals surface area contributed by atoms with Gasteiger partial charge in [-0.15, -0.1) is 0 Å². The number of halogens is 3. The van der Waals surface area contributed by atoms with Gasteiger partial charge in [-0.3, -0.25) is 0 Å². The molecule has 1 fully saturated rings. The summed E-state index contributed by atoms with van der Waals surface area (Å²) in [5.74, 6) is 0. The fourth-order valence-electron chi connectivity index (χ4n) is 2.54. The van der Waals surface area contributed by atoms with Gasteiger partial charge in [-0.2, -0.15) is 13.2 Å². The molecule has 1 aliphatic heterocycles. The number of nitrogens with zero attached hydrogens (tertiary/aromatic N) is 1. The van der Waals surface area contributed by atoms with Crippen LogP contribution in [0.15, 0.2) is 24.3 Å². The van der Waals surface area contributed by atoms with Gasteiger partial charge in [0.05, 0.1) is 5.56 Å². The number of hydrogen-bond acceptors (Lipinski definition) is 2. The lowest BCUT2D eigenvalue weighted by Crippen LogP contribution is -2.54. The van der Waals surface area contributed by atoms with E-state index in [9.17, 15) is 18.0 Å². The zero-order valence-electron chi connectivity index (χ0n) is 10.1. The average Bonchev–Trinajstić information content (AvgIpc) is 2.72. The predicted molar refractivity (Wildman–Crippen MR) is 62.8 cm³/mol. The van der Waals surface area contributed by atoms with Crippen molar-refractivity contribution in [2.45, 2.75) is 24.7 Å². The van der Waals surface area contributed by atoms with Gasteiger partial charge in [0.2, 0.25) is 0 Å². The second kappa shape index (κ2) is 4.41. The maximum absolute atomic E-state index is 13.0. The van der Waals surface area contributed by atoms with Gasteiger partial charge in [-0.05, 0) is 18.9 Å². The summed E-state index contributed by atoms with van der Waals surface area (Å²) < 4.78 is 39.0. The van der Waals surface area contributed by atoms with E-state index in [1.807, 2.05) is 0 Å². The minimum absolute atomic E-state index is 0.112. The number of benzene rings is 1. The van der Waals surface area contributed by atoms with Crippen LogP contribution in [0.4, 0.5) is 18.0 Å². The number of likely N-dealkylation sites (tertiary alicyclic amines) is 1. The van der Waals surface area contributed by atoms with E-state index < -0.39 is 23.4 Å². The lowest BCUT2D eigenvalue weighted by Gasteiger charge is -2.35. The molecule has 0 aromatic heterocycles. The summed E-state index contributed by atoms with van der Waals surface area (Å²) in [7, 11) is 0. The Hall–Kier alpha value is -1.76. The SMILES string of the molecule is NC(=O)N1CCCC1(N)c1ccccc1C(F)(F)F. The Morgan fingerprint density at radius 1 is 1.32 bits per heavy atom. The molecule has 1 saturated heterocycles. The van der Waals surface area contributed by atoms with E-state index in [-0.39, 0.29) is 18.5 Å². The molecule has 4 nitrogen and oxygen atoms in total. The molecule has 7 heteroatoms. The van der Waals surface area contributed by atoms with Crippen molar-refractivity contribution in [3.05, 3.63) is 35.4 Å². The third kappa shape index (κ3) is 2.25. The van der Waals surface area contributed by atoms with Crippen LogP contribution >= 0.6 is 0 Å². The molecule has 0 bridgehead atoms. The number of urea groups is 1. The number of carbonyl (C=O) groups is 1. The van der Waals surface area contributed by atoms with Gasteiger partial charge < -0.3 is 16.4 Å². The highest BCUT2D eigenvalue weighted by molar-refractivity contribution is 5.73. The monoisotopic (exact) mass is 273 g/mol. The van der Waals surface area contributed by atoms with Gasteiger partial charge in [0.15, 0.2) is 0 Å². The summed E-state index contributed by atoms with van der Waals surface area (Å²) in [5.41, 5.74) is 8.82. The Labute approximate surface area is 108 Å². The molecule has 1 aromatic carbocycles. The Balaban J connectivity index is 2.55. The molecule has 0 spiro atoms. The third-order valence-electron chi connectivity index (χ3n) is 3.39. The van der Waals surface area contributed by atoms with Crippen molar-refractivity contribution < 1.29 is 18.0 Å². The number of carbonyl (C=O) groups excluding carboxylic acids is 1. The van der Waals surface area contributed by atoms with Gasteiger partial charge in [0.25, 0.3) is 0 Å². The topological polar surface area (TPSA) is 72.4 Å². The van der Waals surface area contributed by atoms with Crippen LogP contribution in [-0.2, 0) is 11.8 Å². The van der Waals surface area contributed by atoms with E-state index in [2.05, 4.69) is 0 Å². The van der Waals surface area contributed by atoms with Crippen LogP contribution in [0, 0.1) is 0 Å². The first kappa shape index (κ1) is 13.7. The molecule has 4 N–H and O–H groups in total. The lowest BCUT2D eigenvalue weighted by molar-refractivity contribution is -0.139. The Bertz CT molecular complexity index is 503. The summed E-state index contributed by atoms with van der Waals surface area (Å²) in [4.78, 5) is 12.4. The van der Waals surface area contributed by atoms with Crippen molar-refractivity contribution >= 4 is 6.03 Å². The minimum atomic E-state index is -4.52. The second-order valence-corrected chi connectivity index (χ2v) is 4.56. The highest BCUT2D eigenvalue weighted by Crippen LogP contribution is 2.41. The summed E-state index contributed by atoms with van der Waals surface area (Å²) in [6, 6.07) is 4.21. The summed E-state index contributed by atoms with van der Waals surface area (Å²) in [6.07, 6.45) is -3.75. The highest BCUT2D eigenvalue weighted by atomic mass is 19.4. The van der Waals surface area contributed by atoms with Crippen molar-refractivity contribution in [1.82, 2.24) is 4.90 Å².